The van der Waals surface area contributed by atoms with Crippen LogP contribution in [0.2, 0.25) is 0 Å². The summed E-state index contributed by atoms with van der Waals surface area (Å²) >= 11 is 0. The molecule has 2 heterocycles. The zero-order chi connectivity index (χ0) is 14.0. The summed E-state index contributed by atoms with van der Waals surface area (Å²) in [7, 11) is 0. The predicted octanol–water partition coefficient (Wildman–Crippen LogP) is 2.73. The molecule has 0 unspecified atom stereocenters. The summed E-state index contributed by atoms with van der Waals surface area (Å²) in [6, 6.07) is 8.28. The van der Waals surface area contributed by atoms with Gasteiger partial charge in [0.05, 0.1) is 12.1 Å². The third-order valence-electron chi connectivity index (χ3n) is 4.37. The van der Waals surface area contributed by atoms with Crippen LogP contribution in [0.3, 0.4) is 0 Å². The number of piperidine rings is 1. The standard InChI is InChI=1S/C17H25N2O/c1-17(2)19(13-12-18-10-6-3-7-11-18)14-15-8-4-5-9-16(15)20-17/h4-5,8-9,14H,3,6-7,10-13H2,1-2H3/q+1. The number of likely N-dealkylation sites (tertiary alicyclic amines) is 1. The van der Waals surface area contributed by atoms with Crippen molar-refractivity contribution in [3.63, 3.8) is 0 Å². The zero-order valence-electron chi connectivity index (χ0n) is 12.6. The first-order chi connectivity index (χ1) is 9.65. The first-order valence-electron chi connectivity index (χ1n) is 7.77. The summed E-state index contributed by atoms with van der Waals surface area (Å²) in [5.74, 6) is 0.992. The van der Waals surface area contributed by atoms with Crippen LogP contribution in [-0.4, -0.2) is 47.6 Å². The first-order valence-corrected chi connectivity index (χ1v) is 7.77. The first kappa shape index (κ1) is 13.6. The lowest BCUT2D eigenvalue weighted by atomic mass is 10.1. The largest absolute Gasteiger partial charge is 0.431 e. The van der Waals surface area contributed by atoms with Crippen molar-refractivity contribution in [2.24, 2.45) is 0 Å². The molecule has 0 saturated carbocycles. The van der Waals surface area contributed by atoms with Gasteiger partial charge in [0.15, 0.2) is 12.8 Å². The molecule has 0 amide bonds. The van der Waals surface area contributed by atoms with Crippen LogP contribution in [0.1, 0.15) is 38.7 Å². The van der Waals surface area contributed by atoms with Crippen molar-refractivity contribution in [2.45, 2.75) is 38.8 Å². The van der Waals surface area contributed by atoms with Gasteiger partial charge in [-0.15, -0.1) is 0 Å². The molecular formula is C17H25N2O+. The predicted molar refractivity (Wildman–Crippen MR) is 81.7 cm³/mol. The zero-order valence-corrected chi connectivity index (χ0v) is 12.6. The van der Waals surface area contributed by atoms with Crippen molar-refractivity contribution in [3.8, 4) is 5.75 Å². The fourth-order valence-electron chi connectivity index (χ4n) is 3.10. The molecule has 0 spiro atoms. The Balaban J connectivity index is 1.72. The number of para-hydroxylation sites is 1. The van der Waals surface area contributed by atoms with E-state index in [9.17, 15) is 0 Å². The molecule has 3 rings (SSSR count). The summed E-state index contributed by atoms with van der Waals surface area (Å²) in [6.07, 6.45) is 6.36. The lowest BCUT2D eigenvalue weighted by Crippen LogP contribution is -2.48. The molecule has 0 bridgehead atoms. The number of nitrogens with zero attached hydrogens (tertiary/aromatic N) is 2. The summed E-state index contributed by atoms with van der Waals surface area (Å²) in [6.45, 7) is 8.97. The monoisotopic (exact) mass is 273 g/mol. The highest BCUT2D eigenvalue weighted by atomic mass is 16.5. The Hall–Kier alpha value is -1.35. The van der Waals surface area contributed by atoms with Gasteiger partial charge < -0.3 is 4.74 Å². The number of rotatable bonds is 3. The van der Waals surface area contributed by atoms with Crippen molar-refractivity contribution in [2.75, 3.05) is 26.2 Å². The molecule has 0 aromatic heterocycles. The fraction of sp³-hybridized carbons (Fsp3) is 0.588. The maximum atomic E-state index is 6.15. The van der Waals surface area contributed by atoms with E-state index >= 15 is 0 Å². The Morgan fingerprint density at radius 1 is 1.15 bits per heavy atom. The van der Waals surface area contributed by atoms with E-state index in [-0.39, 0.29) is 5.72 Å². The molecule has 1 saturated heterocycles. The lowest BCUT2D eigenvalue weighted by Gasteiger charge is -2.31. The van der Waals surface area contributed by atoms with Crippen LogP contribution in [0.4, 0.5) is 0 Å². The van der Waals surface area contributed by atoms with Gasteiger partial charge in [-0.25, -0.2) is 0 Å². The Bertz CT molecular complexity index is 501. The van der Waals surface area contributed by atoms with Crippen LogP contribution in [-0.2, 0) is 0 Å². The molecular weight excluding hydrogens is 248 g/mol. The van der Waals surface area contributed by atoms with E-state index in [0.29, 0.717) is 0 Å². The number of hydrogen-bond donors (Lipinski definition) is 0. The number of fused-ring (bicyclic) bond motifs is 1. The third-order valence-corrected chi connectivity index (χ3v) is 4.37. The van der Waals surface area contributed by atoms with Crippen LogP contribution in [0.5, 0.6) is 5.75 Å². The fourth-order valence-corrected chi connectivity index (χ4v) is 3.10. The molecule has 2 aliphatic rings. The molecule has 2 aliphatic heterocycles. The second-order valence-electron chi connectivity index (χ2n) is 6.31. The third kappa shape index (κ3) is 2.88. The second-order valence-corrected chi connectivity index (χ2v) is 6.31. The van der Waals surface area contributed by atoms with Crippen molar-refractivity contribution < 1.29 is 9.31 Å². The number of ether oxygens (including phenoxy) is 1. The molecule has 1 aromatic rings. The van der Waals surface area contributed by atoms with Crippen molar-refractivity contribution >= 4 is 6.21 Å². The molecule has 108 valence electrons. The van der Waals surface area contributed by atoms with Gasteiger partial charge in [-0.1, -0.05) is 18.6 Å². The van der Waals surface area contributed by atoms with Gasteiger partial charge in [0.1, 0.15) is 5.75 Å². The highest BCUT2D eigenvalue weighted by molar-refractivity contribution is 5.80. The van der Waals surface area contributed by atoms with E-state index in [4.69, 9.17) is 4.74 Å². The lowest BCUT2D eigenvalue weighted by molar-refractivity contribution is -0.640. The maximum Gasteiger partial charge on any atom is 0.300 e. The van der Waals surface area contributed by atoms with Crippen molar-refractivity contribution in [1.82, 2.24) is 4.90 Å². The highest BCUT2D eigenvalue weighted by Crippen LogP contribution is 2.26. The Morgan fingerprint density at radius 3 is 2.70 bits per heavy atom. The van der Waals surface area contributed by atoms with Gasteiger partial charge in [0.25, 0.3) is 0 Å². The van der Waals surface area contributed by atoms with Crippen LogP contribution >= 0.6 is 0 Å². The second kappa shape index (κ2) is 5.57. The summed E-state index contributed by atoms with van der Waals surface area (Å²) in [5.41, 5.74) is 0.926. The van der Waals surface area contributed by atoms with Gasteiger partial charge >= 0.3 is 5.72 Å². The molecule has 0 atom stereocenters. The molecule has 3 nitrogen and oxygen atoms in total. The quantitative estimate of drug-likeness (QED) is 0.787. The number of benzene rings is 1. The smallest absolute Gasteiger partial charge is 0.300 e. The van der Waals surface area contributed by atoms with Gasteiger partial charge in [-0.2, -0.15) is 4.58 Å². The van der Waals surface area contributed by atoms with Gasteiger partial charge in [0.2, 0.25) is 0 Å². The summed E-state index contributed by atoms with van der Waals surface area (Å²) in [4.78, 5) is 2.58. The minimum atomic E-state index is -0.260. The summed E-state index contributed by atoms with van der Waals surface area (Å²) in [5, 5.41) is 0. The molecule has 1 aromatic carbocycles. The highest BCUT2D eigenvalue weighted by Gasteiger charge is 2.36. The number of hydrogen-bond acceptors (Lipinski definition) is 2. The molecule has 0 aliphatic carbocycles. The van der Waals surface area contributed by atoms with E-state index in [1.807, 2.05) is 6.07 Å². The van der Waals surface area contributed by atoms with Crippen LogP contribution in [0.15, 0.2) is 24.3 Å². The minimum absolute atomic E-state index is 0.260. The van der Waals surface area contributed by atoms with Gasteiger partial charge in [-0.05, 0) is 38.1 Å². The van der Waals surface area contributed by atoms with Crippen molar-refractivity contribution in [3.05, 3.63) is 29.8 Å². The van der Waals surface area contributed by atoms with Crippen molar-refractivity contribution in [1.29, 1.82) is 0 Å². The molecule has 3 heteroatoms. The molecule has 20 heavy (non-hydrogen) atoms. The molecule has 0 radical (unpaired) electrons. The van der Waals surface area contributed by atoms with Gasteiger partial charge in [-0.3, -0.25) is 4.90 Å². The van der Waals surface area contributed by atoms with Crippen LogP contribution < -0.4 is 4.74 Å². The average Bonchev–Trinajstić information content (AvgIpc) is 2.45. The van der Waals surface area contributed by atoms with Gasteiger partial charge in [0, 0.05) is 13.8 Å². The average molecular weight is 273 g/mol. The summed E-state index contributed by atoms with van der Waals surface area (Å²) < 4.78 is 8.49. The van der Waals surface area contributed by atoms with E-state index < -0.39 is 0 Å². The minimum Gasteiger partial charge on any atom is -0.431 e. The topological polar surface area (TPSA) is 15.5 Å². The SMILES string of the molecule is CC1(C)Oc2ccccc2C=[N+]1CCN1CCCCC1. The van der Waals surface area contributed by atoms with Crippen LogP contribution in [0, 0.1) is 0 Å². The van der Waals surface area contributed by atoms with E-state index in [1.54, 1.807) is 0 Å². The Labute approximate surface area is 121 Å². The Kier molecular flexibility index (Phi) is 3.79. The van der Waals surface area contributed by atoms with E-state index in [1.165, 1.54) is 37.9 Å². The Morgan fingerprint density at radius 2 is 1.90 bits per heavy atom. The maximum absolute atomic E-state index is 6.15. The van der Waals surface area contributed by atoms with Crippen LogP contribution in [0.25, 0.3) is 0 Å². The molecule has 0 N–H and O–H groups in total. The van der Waals surface area contributed by atoms with E-state index in [2.05, 4.69) is 47.7 Å². The normalized spacial score (nSPS) is 21.8. The van der Waals surface area contributed by atoms with E-state index in [0.717, 1.165) is 18.8 Å². The molecule has 1 fully saturated rings.